The smallest absolute Gasteiger partial charge is 0.408 e. The molecule has 1 aromatic rings. The van der Waals surface area contributed by atoms with Crippen LogP contribution in [-0.2, 0) is 14.3 Å². The van der Waals surface area contributed by atoms with Crippen LogP contribution in [0, 0.1) is 19.8 Å². The van der Waals surface area contributed by atoms with Crippen molar-refractivity contribution in [1.29, 1.82) is 0 Å². The Balaban J connectivity index is 2.48. The first-order valence-electron chi connectivity index (χ1n) is 12.6. The van der Waals surface area contributed by atoms with Crippen LogP contribution in [0.4, 0.5) is 4.79 Å². The van der Waals surface area contributed by atoms with E-state index in [-0.39, 0.29) is 35.6 Å². The zero-order valence-corrected chi connectivity index (χ0v) is 23.4. The Labute approximate surface area is 216 Å². The number of nitrogens with one attached hydrogen (secondary N) is 2. The second-order valence-corrected chi connectivity index (χ2v) is 11.2. The van der Waals surface area contributed by atoms with E-state index in [1.807, 2.05) is 39.0 Å². The maximum absolute atomic E-state index is 14.0. The molecule has 2 rings (SSSR count). The summed E-state index contributed by atoms with van der Waals surface area (Å²) in [5.74, 6) is -0.190. The van der Waals surface area contributed by atoms with E-state index in [1.54, 1.807) is 25.7 Å². The van der Waals surface area contributed by atoms with Crippen LogP contribution in [-0.4, -0.2) is 52.3 Å². The second kappa shape index (κ2) is 12.2. The third kappa shape index (κ3) is 8.16. The number of rotatable bonds is 10. The fourth-order valence-corrected chi connectivity index (χ4v) is 4.53. The van der Waals surface area contributed by atoms with Crippen LogP contribution < -0.4 is 10.6 Å². The summed E-state index contributed by atoms with van der Waals surface area (Å²) in [6.07, 6.45) is 1.91. The normalized spacial score (nSPS) is 19.8. The van der Waals surface area contributed by atoms with Gasteiger partial charge in [0.2, 0.25) is 11.8 Å². The molecule has 196 valence electrons. The molecule has 0 radical (unpaired) electrons. The third-order valence-corrected chi connectivity index (χ3v) is 6.58. The van der Waals surface area contributed by atoms with Crippen molar-refractivity contribution in [2.24, 2.45) is 5.92 Å². The second-order valence-electron chi connectivity index (χ2n) is 10.9. The molecule has 0 saturated heterocycles. The molecule has 2 N–H and O–H groups in total. The predicted molar refractivity (Wildman–Crippen MR) is 143 cm³/mol. The topological polar surface area (TPSA) is 87.7 Å². The molecule has 0 aliphatic heterocycles. The first kappa shape index (κ1) is 29.0. The average Bonchev–Trinajstić information content (AvgIpc) is 3.46. The Morgan fingerprint density at radius 2 is 1.83 bits per heavy atom. The van der Waals surface area contributed by atoms with Gasteiger partial charge in [0.1, 0.15) is 17.7 Å². The summed E-state index contributed by atoms with van der Waals surface area (Å²) in [5.41, 5.74) is 2.05. The van der Waals surface area contributed by atoms with E-state index >= 15 is 0 Å². The summed E-state index contributed by atoms with van der Waals surface area (Å²) in [5, 5.41) is 5.80. The van der Waals surface area contributed by atoms with Gasteiger partial charge in [0, 0.05) is 17.8 Å². The number of carbonyl (C=O) groups excluding carboxylic acids is 3. The SMILES string of the molecule is CCCC(C)NC(=O)C(c1cc(C)ccc1C)N(C(=O)C(CS)NC(=O)OC(C)(C)C)C1CC1C. The van der Waals surface area contributed by atoms with Crippen LogP contribution in [0.15, 0.2) is 18.2 Å². The van der Waals surface area contributed by atoms with E-state index < -0.39 is 23.8 Å². The van der Waals surface area contributed by atoms with Crippen molar-refractivity contribution in [2.45, 2.75) is 104 Å². The van der Waals surface area contributed by atoms with Crippen molar-refractivity contribution in [1.82, 2.24) is 15.5 Å². The van der Waals surface area contributed by atoms with Crippen molar-refractivity contribution in [3.63, 3.8) is 0 Å². The minimum absolute atomic E-state index is 0.0192. The Kier molecular flexibility index (Phi) is 10.1. The van der Waals surface area contributed by atoms with Crippen molar-refractivity contribution in [3.8, 4) is 0 Å². The highest BCUT2D eigenvalue weighted by atomic mass is 32.1. The summed E-state index contributed by atoms with van der Waals surface area (Å²) in [7, 11) is 0. The quantitative estimate of drug-likeness (QED) is 0.402. The van der Waals surface area contributed by atoms with Crippen molar-refractivity contribution in [2.75, 3.05) is 5.75 Å². The zero-order valence-electron chi connectivity index (χ0n) is 22.5. The molecule has 5 unspecified atom stereocenters. The van der Waals surface area contributed by atoms with E-state index in [1.165, 1.54) is 0 Å². The number of thiol groups is 1. The number of nitrogens with zero attached hydrogens (tertiary/aromatic N) is 1. The van der Waals surface area contributed by atoms with Crippen molar-refractivity contribution in [3.05, 3.63) is 34.9 Å². The molecule has 1 saturated carbocycles. The van der Waals surface area contributed by atoms with Crippen LogP contribution in [0.3, 0.4) is 0 Å². The number of benzene rings is 1. The molecule has 1 aliphatic rings. The van der Waals surface area contributed by atoms with Gasteiger partial charge in [-0.2, -0.15) is 12.6 Å². The molecular formula is C27H43N3O4S. The van der Waals surface area contributed by atoms with Gasteiger partial charge < -0.3 is 20.3 Å². The zero-order chi connectivity index (χ0) is 26.5. The molecule has 0 spiro atoms. The number of ether oxygens (including phenoxy) is 1. The van der Waals surface area contributed by atoms with Gasteiger partial charge in [-0.1, -0.05) is 44.0 Å². The lowest BCUT2D eigenvalue weighted by molar-refractivity contribution is -0.143. The van der Waals surface area contributed by atoms with Gasteiger partial charge in [-0.25, -0.2) is 4.79 Å². The molecule has 1 fully saturated rings. The number of hydrogen-bond donors (Lipinski definition) is 3. The van der Waals surface area contributed by atoms with Crippen LogP contribution in [0.5, 0.6) is 0 Å². The summed E-state index contributed by atoms with van der Waals surface area (Å²) in [6.45, 7) is 15.4. The van der Waals surface area contributed by atoms with Gasteiger partial charge in [-0.15, -0.1) is 0 Å². The van der Waals surface area contributed by atoms with Crippen LogP contribution >= 0.6 is 12.6 Å². The molecule has 0 aromatic heterocycles. The number of alkyl carbamates (subject to hydrolysis) is 1. The number of aryl methyl sites for hydroxylation is 2. The predicted octanol–water partition coefficient (Wildman–Crippen LogP) is 4.71. The molecule has 0 bridgehead atoms. The molecular weight excluding hydrogens is 462 g/mol. The number of carbonyl (C=O) groups is 3. The summed E-state index contributed by atoms with van der Waals surface area (Å²) < 4.78 is 5.37. The lowest BCUT2D eigenvalue weighted by Gasteiger charge is -2.36. The molecule has 8 heteroatoms. The summed E-state index contributed by atoms with van der Waals surface area (Å²) in [4.78, 5) is 41.9. The lowest BCUT2D eigenvalue weighted by Crippen LogP contribution is -2.55. The Hall–Kier alpha value is -2.22. The molecule has 5 atom stereocenters. The fraction of sp³-hybridized carbons (Fsp3) is 0.667. The minimum atomic E-state index is -0.922. The first-order valence-corrected chi connectivity index (χ1v) is 13.2. The molecule has 0 heterocycles. The standard InChI is InChI=1S/C27H43N3O4S/c1-9-10-19(5)28-24(31)23(20-13-16(2)11-12-17(20)3)30(22-14-18(22)4)25(32)21(15-35)29-26(33)34-27(6,7)8/h11-13,18-19,21-23,35H,9-10,14-15H2,1-8H3,(H,28,31)(H,29,33). The maximum atomic E-state index is 14.0. The van der Waals surface area contributed by atoms with E-state index in [0.717, 1.165) is 36.0 Å². The van der Waals surface area contributed by atoms with Gasteiger partial charge in [-0.05, 0) is 71.4 Å². The number of amides is 3. The Morgan fingerprint density at radius 3 is 2.34 bits per heavy atom. The van der Waals surface area contributed by atoms with Gasteiger partial charge in [0.25, 0.3) is 0 Å². The van der Waals surface area contributed by atoms with Gasteiger partial charge >= 0.3 is 6.09 Å². The van der Waals surface area contributed by atoms with Gasteiger partial charge in [0.05, 0.1) is 0 Å². The van der Waals surface area contributed by atoms with E-state index in [9.17, 15) is 14.4 Å². The molecule has 35 heavy (non-hydrogen) atoms. The van der Waals surface area contributed by atoms with Crippen LogP contribution in [0.2, 0.25) is 0 Å². The summed E-state index contributed by atoms with van der Waals surface area (Å²) in [6, 6.07) is 4.12. The van der Waals surface area contributed by atoms with Crippen LogP contribution in [0.25, 0.3) is 0 Å². The van der Waals surface area contributed by atoms with Crippen molar-refractivity contribution < 1.29 is 19.1 Å². The molecule has 1 aliphatic carbocycles. The number of hydrogen-bond acceptors (Lipinski definition) is 5. The molecule has 3 amide bonds. The van der Waals surface area contributed by atoms with E-state index in [2.05, 4.69) is 37.1 Å². The lowest BCUT2D eigenvalue weighted by atomic mass is 9.95. The Morgan fingerprint density at radius 1 is 1.20 bits per heavy atom. The highest BCUT2D eigenvalue weighted by Gasteiger charge is 2.48. The van der Waals surface area contributed by atoms with E-state index in [4.69, 9.17) is 4.74 Å². The van der Waals surface area contributed by atoms with Gasteiger partial charge in [-0.3, -0.25) is 9.59 Å². The third-order valence-electron chi connectivity index (χ3n) is 6.22. The fourth-order valence-electron chi connectivity index (χ4n) is 4.29. The minimum Gasteiger partial charge on any atom is -0.444 e. The largest absolute Gasteiger partial charge is 0.444 e. The Bertz CT molecular complexity index is 914. The van der Waals surface area contributed by atoms with E-state index in [0.29, 0.717) is 0 Å². The average molecular weight is 506 g/mol. The highest BCUT2D eigenvalue weighted by molar-refractivity contribution is 7.80. The van der Waals surface area contributed by atoms with Gasteiger partial charge in [0.15, 0.2) is 0 Å². The monoisotopic (exact) mass is 505 g/mol. The molecule has 1 aromatic carbocycles. The first-order chi connectivity index (χ1) is 16.3. The maximum Gasteiger partial charge on any atom is 0.408 e. The summed E-state index contributed by atoms with van der Waals surface area (Å²) >= 11 is 4.36. The highest BCUT2D eigenvalue weighted by Crippen LogP contribution is 2.41. The van der Waals surface area contributed by atoms with Crippen molar-refractivity contribution >= 4 is 30.5 Å². The molecule has 7 nitrogen and oxygen atoms in total. The van der Waals surface area contributed by atoms with Crippen LogP contribution in [0.1, 0.15) is 83.5 Å².